The normalized spacial score (nSPS) is 10.5. The highest BCUT2D eigenvalue weighted by atomic mass is 35.5. The van der Waals surface area contributed by atoms with Crippen LogP contribution in [0.15, 0.2) is 24.5 Å². The third-order valence-corrected chi connectivity index (χ3v) is 3.37. The lowest BCUT2D eigenvalue weighted by Crippen LogP contribution is -2.05. The van der Waals surface area contributed by atoms with Gasteiger partial charge >= 0.3 is 0 Å². The lowest BCUT2D eigenvalue weighted by molar-refractivity contribution is 0.960. The molecule has 2 rings (SSSR count). The number of aromatic nitrogens is 2. The Kier molecular flexibility index (Phi) is 4.61. The quantitative estimate of drug-likeness (QED) is 0.897. The molecule has 0 radical (unpaired) electrons. The fourth-order valence-corrected chi connectivity index (χ4v) is 2.20. The second-order valence-electron chi connectivity index (χ2n) is 4.25. The molecule has 0 aliphatic rings. The number of nitrogens with zero attached hydrogens (tertiary/aromatic N) is 2. The Hall–Kier alpha value is -1.32. The van der Waals surface area contributed by atoms with Gasteiger partial charge in [0.25, 0.3) is 0 Å². The second-order valence-corrected chi connectivity index (χ2v) is 5.09. The van der Waals surface area contributed by atoms with Crippen molar-refractivity contribution in [2.75, 3.05) is 11.9 Å². The first-order valence-corrected chi connectivity index (χ1v) is 6.90. The summed E-state index contributed by atoms with van der Waals surface area (Å²) in [6.45, 7) is 4.96. The monoisotopic (exact) mass is 295 g/mol. The van der Waals surface area contributed by atoms with Crippen molar-refractivity contribution >= 4 is 29.0 Å². The van der Waals surface area contributed by atoms with Crippen molar-refractivity contribution in [3.8, 4) is 11.3 Å². The Bertz CT molecular complexity index is 585. The van der Waals surface area contributed by atoms with E-state index in [9.17, 15) is 0 Å². The van der Waals surface area contributed by atoms with E-state index in [2.05, 4.69) is 22.2 Å². The molecule has 100 valence electrons. The lowest BCUT2D eigenvalue weighted by atomic mass is 10.1. The Labute approximate surface area is 123 Å². The van der Waals surface area contributed by atoms with E-state index in [-0.39, 0.29) is 0 Å². The molecule has 0 saturated heterocycles. The minimum absolute atomic E-state index is 0.632. The van der Waals surface area contributed by atoms with Crippen LogP contribution >= 0.6 is 23.2 Å². The zero-order valence-corrected chi connectivity index (χ0v) is 12.4. The molecular weight excluding hydrogens is 281 g/mol. The summed E-state index contributed by atoms with van der Waals surface area (Å²) in [5.41, 5.74) is 2.61. The molecule has 0 bridgehead atoms. The van der Waals surface area contributed by atoms with Crippen LogP contribution in [0.4, 0.5) is 5.82 Å². The van der Waals surface area contributed by atoms with Gasteiger partial charge in [0.05, 0.1) is 10.7 Å². The maximum absolute atomic E-state index is 6.22. The number of rotatable bonds is 4. The topological polar surface area (TPSA) is 37.8 Å². The molecule has 5 heteroatoms. The Balaban J connectivity index is 2.47. The minimum atomic E-state index is 0.632. The molecule has 0 spiro atoms. The standard InChI is InChI=1S/C14H15Cl2N3/c1-3-6-17-14-9(2)13(18-8-19-14)11-7-10(15)4-5-12(11)16/h4-5,7-8H,3,6H2,1-2H3,(H,17,18,19). The van der Waals surface area contributed by atoms with E-state index >= 15 is 0 Å². The molecule has 0 amide bonds. The number of benzene rings is 1. The Morgan fingerprint density at radius 2 is 2.00 bits per heavy atom. The minimum Gasteiger partial charge on any atom is -0.370 e. The van der Waals surface area contributed by atoms with E-state index < -0.39 is 0 Å². The van der Waals surface area contributed by atoms with E-state index in [1.54, 1.807) is 12.1 Å². The Morgan fingerprint density at radius 3 is 2.74 bits per heavy atom. The molecule has 2 aromatic rings. The number of nitrogens with one attached hydrogen (secondary N) is 1. The molecule has 19 heavy (non-hydrogen) atoms. The SMILES string of the molecule is CCCNc1ncnc(-c2cc(Cl)ccc2Cl)c1C. The van der Waals surface area contributed by atoms with Crippen LogP contribution in [-0.4, -0.2) is 16.5 Å². The second kappa shape index (κ2) is 6.22. The van der Waals surface area contributed by atoms with E-state index in [1.165, 1.54) is 6.33 Å². The summed E-state index contributed by atoms with van der Waals surface area (Å²) in [6, 6.07) is 5.36. The van der Waals surface area contributed by atoms with Crippen LogP contribution in [0, 0.1) is 6.92 Å². The van der Waals surface area contributed by atoms with Gasteiger partial charge in [0.2, 0.25) is 0 Å². The van der Waals surface area contributed by atoms with Crippen LogP contribution in [-0.2, 0) is 0 Å². The van der Waals surface area contributed by atoms with E-state index in [0.717, 1.165) is 35.6 Å². The molecule has 1 aromatic carbocycles. The van der Waals surface area contributed by atoms with Gasteiger partial charge in [0.15, 0.2) is 0 Å². The van der Waals surface area contributed by atoms with Crippen molar-refractivity contribution in [3.05, 3.63) is 40.1 Å². The van der Waals surface area contributed by atoms with Gasteiger partial charge in [-0.05, 0) is 31.5 Å². The van der Waals surface area contributed by atoms with Crippen LogP contribution in [0.25, 0.3) is 11.3 Å². The van der Waals surface area contributed by atoms with Gasteiger partial charge in [0, 0.05) is 22.7 Å². The van der Waals surface area contributed by atoms with Crippen LogP contribution in [0.2, 0.25) is 10.0 Å². The van der Waals surface area contributed by atoms with Crippen molar-refractivity contribution in [3.63, 3.8) is 0 Å². The summed E-state index contributed by atoms with van der Waals surface area (Å²) in [5, 5.41) is 4.55. The number of hydrogen-bond acceptors (Lipinski definition) is 3. The average molecular weight is 296 g/mol. The lowest BCUT2D eigenvalue weighted by Gasteiger charge is -2.12. The maximum Gasteiger partial charge on any atom is 0.132 e. The molecule has 0 atom stereocenters. The van der Waals surface area contributed by atoms with Gasteiger partial charge in [0.1, 0.15) is 12.1 Å². The summed E-state index contributed by atoms with van der Waals surface area (Å²) in [6.07, 6.45) is 2.58. The van der Waals surface area contributed by atoms with Crippen LogP contribution in [0.1, 0.15) is 18.9 Å². The van der Waals surface area contributed by atoms with Gasteiger partial charge in [-0.3, -0.25) is 0 Å². The largest absolute Gasteiger partial charge is 0.370 e. The van der Waals surface area contributed by atoms with Gasteiger partial charge < -0.3 is 5.32 Å². The van der Waals surface area contributed by atoms with Crippen LogP contribution < -0.4 is 5.32 Å². The number of hydrogen-bond donors (Lipinski definition) is 1. The van der Waals surface area contributed by atoms with E-state index in [1.807, 2.05) is 13.0 Å². The molecule has 1 heterocycles. The summed E-state index contributed by atoms with van der Waals surface area (Å²) >= 11 is 12.2. The molecule has 1 aromatic heterocycles. The van der Waals surface area contributed by atoms with Crippen molar-refractivity contribution in [1.82, 2.24) is 9.97 Å². The van der Waals surface area contributed by atoms with Crippen molar-refractivity contribution in [2.45, 2.75) is 20.3 Å². The van der Waals surface area contributed by atoms with Crippen LogP contribution in [0.3, 0.4) is 0 Å². The van der Waals surface area contributed by atoms with Gasteiger partial charge in [-0.15, -0.1) is 0 Å². The molecule has 3 nitrogen and oxygen atoms in total. The van der Waals surface area contributed by atoms with Gasteiger partial charge in [-0.25, -0.2) is 9.97 Å². The van der Waals surface area contributed by atoms with E-state index in [0.29, 0.717) is 10.0 Å². The van der Waals surface area contributed by atoms with Gasteiger partial charge in [-0.1, -0.05) is 30.1 Å². The van der Waals surface area contributed by atoms with Crippen molar-refractivity contribution < 1.29 is 0 Å². The van der Waals surface area contributed by atoms with Gasteiger partial charge in [-0.2, -0.15) is 0 Å². The third-order valence-electron chi connectivity index (χ3n) is 2.81. The zero-order chi connectivity index (χ0) is 13.8. The first-order valence-electron chi connectivity index (χ1n) is 6.14. The Morgan fingerprint density at radius 1 is 1.21 bits per heavy atom. The highest BCUT2D eigenvalue weighted by Gasteiger charge is 2.12. The number of anilines is 1. The fraction of sp³-hybridized carbons (Fsp3) is 0.286. The number of halogens is 2. The third kappa shape index (κ3) is 3.17. The highest BCUT2D eigenvalue weighted by molar-refractivity contribution is 6.35. The predicted molar refractivity (Wildman–Crippen MR) is 81.0 cm³/mol. The summed E-state index contributed by atoms with van der Waals surface area (Å²) in [5.74, 6) is 0.836. The highest BCUT2D eigenvalue weighted by Crippen LogP contribution is 2.32. The first-order chi connectivity index (χ1) is 9.13. The molecule has 0 unspecified atom stereocenters. The first kappa shape index (κ1) is 14.1. The zero-order valence-electron chi connectivity index (χ0n) is 10.9. The fourth-order valence-electron chi connectivity index (χ4n) is 1.82. The molecule has 0 saturated carbocycles. The molecule has 0 aliphatic heterocycles. The molecular formula is C14H15Cl2N3. The van der Waals surface area contributed by atoms with Crippen molar-refractivity contribution in [2.24, 2.45) is 0 Å². The maximum atomic E-state index is 6.22. The molecule has 1 N–H and O–H groups in total. The smallest absolute Gasteiger partial charge is 0.132 e. The van der Waals surface area contributed by atoms with Crippen LogP contribution in [0.5, 0.6) is 0 Å². The van der Waals surface area contributed by atoms with E-state index in [4.69, 9.17) is 23.2 Å². The molecule has 0 fully saturated rings. The average Bonchev–Trinajstić information content (AvgIpc) is 2.41. The molecule has 0 aliphatic carbocycles. The summed E-state index contributed by atoms with van der Waals surface area (Å²) in [4.78, 5) is 8.58. The summed E-state index contributed by atoms with van der Waals surface area (Å²) in [7, 11) is 0. The summed E-state index contributed by atoms with van der Waals surface area (Å²) < 4.78 is 0. The predicted octanol–water partition coefficient (Wildman–Crippen LogP) is 4.58. The van der Waals surface area contributed by atoms with Crippen molar-refractivity contribution in [1.29, 1.82) is 0 Å².